The zero-order valence-corrected chi connectivity index (χ0v) is 14.5. The zero-order chi connectivity index (χ0) is 17.3. The van der Waals surface area contributed by atoms with Crippen molar-refractivity contribution in [3.8, 4) is 0 Å². The molecule has 1 aliphatic heterocycles. The predicted molar refractivity (Wildman–Crippen MR) is 89.8 cm³/mol. The molecule has 0 radical (unpaired) electrons. The average molecular weight is 380 g/mol. The largest absolute Gasteiger partial charge is 0.419 e. The summed E-state index contributed by atoms with van der Waals surface area (Å²) in [5, 5.41) is 7.33. The number of hydrogen-bond acceptors (Lipinski definition) is 6. The Balaban J connectivity index is 1.82. The Morgan fingerprint density at radius 2 is 2.08 bits per heavy atom. The molecule has 0 aliphatic carbocycles. The summed E-state index contributed by atoms with van der Waals surface area (Å²) in [5.41, 5.74) is -0.922. The van der Waals surface area contributed by atoms with Crippen molar-refractivity contribution >= 4 is 39.0 Å². The Kier molecular flexibility index (Phi) is 5.14. The summed E-state index contributed by atoms with van der Waals surface area (Å²) >= 11 is 6.81. The fourth-order valence-electron chi connectivity index (χ4n) is 2.75. The summed E-state index contributed by atoms with van der Waals surface area (Å²) in [7, 11) is 0. The van der Waals surface area contributed by atoms with Crippen LogP contribution in [0.3, 0.4) is 0 Å². The summed E-state index contributed by atoms with van der Waals surface area (Å²) < 4.78 is 39.5. The molecule has 2 N–H and O–H groups in total. The topological polar surface area (TPSA) is 53.1 Å². The third kappa shape index (κ3) is 3.90. The molecule has 1 saturated heterocycles. The van der Waals surface area contributed by atoms with Gasteiger partial charge in [0.15, 0.2) is 0 Å². The second-order valence-corrected chi connectivity index (χ2v) is 6.98. The fraction of sp³-hybridized carbons (Fsp3) is 0.571. The lowest BCUT2D eigenvalue weighted by Crippen LogP contribution is -2.47. The van der Waals surface area contributed by atoms with Crippen LogP contribution < -0.4 is 10.6 Å². The minimum absolute atomic E-state index is 0.0219. The van der Waals surface area contributed by atoms with Crippen LogP contribution >= 0.6 is 22.9 Å². The van der Waals surface area contributed by atoms with E-state index in [1.807, 2.05) is 6.92 Å². The Morgan fingerprint density at radius 1 is 1.38 bits per heavy atom. The van der Waals surface area contributed by atoms with Crippen LogP contribution in [0.25, 0.3) is 10.2 Å². The van der Waals surface area contributed by atoms with E-state index in [9.17, 15) is 13.2 Å². The maximum absolute atomic E-state index is 13.1. The van der Waals surface area contributed by atoms with Crippen LogP contribution in [-0.2, 0) is 6.18 Å². The summed E-state index contributed by atoms with van der Waals surface area (Å²) in [6.07, 6.45) is -4.46. The number of piperazine rings is 1. The van der Waals surface area contributed by atoms with Gasteiger partial charge in [0.05, 0.1) is 10.3 Å². The van der Waals surface area contributed by atoms with Gasteiger partial charge in [-0.05, 0) is 18.5 Å². The molecule has 0 bridgehead atoms. The minimum atomic E-state index is -4.46. The molecule has 24 heavy (non-hydrogen) atoms. The molecule has 3 heterocycles. The molecule has 1 fully saturated rings. The van der Waals surface area contributed by atoms with Crippen molar-refractivity contribution in [3.05, 3.63) is 16.2 Å². The summed E-state index contributed by atoms with van der Waals surface area (Å²) in [6, 6.07) is 0.0219. The lowest BCUT2D eigenvalue weighted by Gasteiger charge is -2.30. The molecule has 0 aromatic carbocycles. The first-order chi connectivity index (χ1) is 11.3. The van der Waals surface area contributed by atoms with Gasteiger partial charge in [-0.15, -0.1) is 11.3 Å². The van der Waals surface area contributed by atoms with E-state index >= 15 is 0 Å². The van der Waals surface area contributed by atoms with Gasteiger partial charge in [0.2, 0.25) is 5.28 Å². The first kappa shape index (κ1) is 17.7. The van der Waals surface area contributed by atoms with E-state index in [0.717, 1.165) is 49.4 Å². The number of rotatable bonds is 4. The van der Waals surface area contributed by atoms with E-state index < -0.39 is 11.7 Å². The van der Waals surface area contributed by atoms with Gasteiger partial charge in [-0.25, -0.2) is 4.98 Å². The predicted octanol–water partition coefficient (Wildman–Crippen LogP) is 3.07. The van der Waals surface area contributed by atoms with Crippen LogP contribution in [0.15, 0.2) is 5.38 Å². The van der Waals surface area contributed by atoms with Gasteiger partial charge in [-0.3, -0.25) is 4.90 Å². The summed E-state index contributed by atoms with van der Waals surface area (Å²) in [6.45, 7) is 6.53. The number of halogens is 4. The highest BCUT2D eigenvalue weighted by Gasteiger charge is 2.35. The molecule has 3 rings (SSSR count). The monoisotopic (exact) mass is 379 g/mol. The number of fused-ring (bicyclic) bond motifs is 1. The number of nitrogens with one attached hydrogen (secondary N) is 2. The van der Waals surface area contributed by atoms with Crippen molar-refractivity contribution < 1.29 is 13.2 Å². The van der Waals surface area contributed by atoms with Crippen molar-refractivity contribution in [1.82, 2.24) is 20.2 Å². The maximum Gasteiger partial charge on any atom is 0.419 e. The molecule has 1 aliphatic rings. The molecule has 0 amide bonds. The standard InChI is InChI=1S/C14H17ClF3N5S/c1-8(6-23-4-2-19-3-5-23)20-12-11-10(21-13(15)22-12)9(7-24-11)14(16,17)18/h7-8,19H,2-6H2,1H3,(H,20,21,22)/t8-/m0/s1. The molecule has 2 aromatic heterocycles. The Bertz CT molecular complexity index is 714. The maximum atomic E-state index is 13.1. The van der Waals surface area contributed by atoms with E-state index in [2.05, 4.69) is 25.5 Å². The first-order valence-corrected chi connectivity index (χ1v) is 8.82. The van der Waals surface area contributed by atoms with Crippen LogP contribution in [0, 0.1) is 0 Å². The molecule has 10 heteroatoms. The quantitative estimate of drug-likeness (QED) is 0.800. The smallest absolute Gasteiger partial charge is 0.365 e. The molecular weight excluding hydrogens is 363 g/mol. The number of anilines is 1. The molecule has 0 saturated carbocycles. The number of nitrogens with zero attached hydrogens (tertiary/aromatic N) is 3. The van der Waals surface area contributed by atoms with Crippen LogP contribution in [0.4, 0.5) is 19.0 Å². The Hall–Kier alpha value is -1.16. The zero-order valence-electron chi connectivity index (χ0n) is 13.0. The molecule has 132 valence electrons. The first-order valence-electron chi connectivity index (χ1n) is 7.56. The van der Waals surface area contributed by atoms with E-state index in [4.69, 9.17) is 11.6 Å². The molecule has 0 spiro atoms. The van der Waals surface area contributed by atoms with Crippen LogP contribution in [0.5, 0.6) is 0 Å². The van der Waals surface area contributed by atoms with Crippen molar-refractivity contribution in [2.75, 3.05) is 38.0 Å². The van der Waals surface area contributed by atoms with Crippen molar-refractivity contribution in [2.24, 2.45) is 0 Å². The molecular formula is C14H17ClF3N5S. The van der Waals surface area contributed by atoms with Gasteiger partial charge >= 0.3 is 6.18 Å². The van der Waals surface area contributed by atoms with Crippen LogP contribution in [0.2, 0.25) is 5.28 Å². The Labute approximate surface area is 146 Å². The summed E-state index contributed by atoms with van der Waals surface area (Å²) in [5.74, 6) is 0.355. The molecule has 1 atom stereocenters. The second-order valence-electron chi connectivity index (χ2n) is 5.76. The highest BCUT2D eigenvalue weighted by molar-refractivity contribution is 7.18. The molecule has 2 aromatic rings. The third-order valence-electron chi connectivity index (χ3n) is 3.82. The van der Waals surface area contributed by atoms with Crippen molar-refractivity contribution in [1.29, 1.82) is 0 Å². The lowest BCUT2D eigenvalue weighted by atomic mass is 10.2. The van der Waals surface area contributed by atoms with Gasteiger partial charge in [0, 0.05) is 44.1 Å². The Morgan fingerprint density at radius 3 is 2.75 bits per heavy atom. The highest BCUT2D eigenvalue weighted by Crippen LogP contribution is 2.40. The lowest BCUT2D eigenvalue weighted by molar-refractivity contribution is -0.136. The third-order valence-corrected chi connectivity index (χ3v) is 4.96. The van der Waals surface area contributed by atoms with Crippen molar-refractivity contribution in [3.63, 3.8) is 0 Å². The molecule has 5 nitrogen and oxygen atoms in total. The normalized spacial score (nSPS) is 18.0. The molecule has 0 unspecified atom stereocenters. The summed E-state index contributed by atoms with van der Waals surface area (Å²) in [4.78, 5) is 10.2. The average Bonchev–Trinajstić information content (AvgIpc) is 2.92. The van der Waals surface area contributed by atoms with E-state index in [1.165, 1.54) is 0 Å². The minimum Gasteiger partial charge on any atom is -0.365 e. The van der Waals surface area contributed by atoms with E-state index in [0.29, 0.717) is 10.5 Å². The second kappa shape index (κ2) is 6.99. The van der Waals surface area contributed by atoms with Crippen LogP contribution in [-0.4, -0.2) is 53.6 Å². The highest BCUT2D eigenvalue weighted by atomic mass is 35.5. The van der Waals surface area contributed by atoms with Gasteiger partial charge in [-0.2, -0.15) is 18.2 Å². The van der Waals surface area contributed by atoms with Gasteiger partial charge in [-0.1, -0.05) is 0 Å². The van der Waals surface area contributed by atoms with Gasteiger partial charge in [0.1, 0.15) is 11.3 Å². The SMILES string of the molecule is C[C@@H](CN1CCNCC1)Nc1nc(Cl)nc2c(C(F)(F)F)csc12. The van der Waals surface area contributed by atoms with E-state index in [1.54, 1.807) is 0 Å². The van der Waals surface area contributed by atoms with Gasteiger partial charge in [0.25, 0.3) is 0 Å². The van der Waals surface area contributed by atoms with Crippen LogP contribution in [0.1, 0.15) is 12.5 Å². The number of thiophene rings is 1. The van der Waals surface area contributed by atoms with E-state index in [-0.39, 0.29) is 16.8 Å². The van der Waals surface area contributed by atoms with Crippen molar-refractivity contribution in [2.45, 2.75) is 19.1 Å². The number of hydrogen-bond donors (Lipinski definition) is 2. The number of aromatic nitrogens is 2. The van der Waals surface area contributed by atoms with Gasteiger partial charge < -0.3 is 10.6 Å². The number of alkyl halides is 3. The fourth-order valence-corrected chi connectivity index (χ4v) is 3.88.